The standard InChI is InChI=1S/C18H34N2O/c1-21-13-12-20-15-18(10-6-3-7-11-18)19-14-17(20)16-8-4-2-5-9-16/h16-17,19H,2-15H2,1H3. The first-order chi connectivity index (χ1) is 10.3. The molecule has 3 nitrogen and oxygen atoms in total. The summed E-state index contributed by atoms with van der Waals surface area (Å²) in [4.78, 5) is 2.79. The molecule has 2 aliphatic carbocycles. The van der Waals surface area contributed by atoms with Crippen molar-refractivity contribution in [1.29, 1.82) is 0 Å². The molecule has 122 valence electrons. The summed E-state index contributed by atoms with van der Waals surface area (Å²) in [6.45, 7) is 4.49. The van der Waals surface area contributed by atoms with Crippen LogP contribution in [0.2, 0.25) is 0 Å². The fourth-order valence-corrected chi connectivity index (χ4v) is 5.01. The van der Waals surface area contributed by atoms with E-state index in [-0.39, 0.29) is 0 Å². The summed E-state index contributed by atoms with van der Waals surface area (Å²) >= 11 is 0. The topological polar surface area (TPSA) is 24.5 Å². The van der Waals surface area contributed by atoms with Gasteiger partial charge in [-0.3, -0.25) is 4.90 Å². The predicted molar refractivity (Wildman–Crippen MR) is 87.6 cm³/mol. The third kappa shape index (κ3) is 3.80. The first-order valence-corrected chi connectivity index (χ1v) is 9.31. The van der Waals surface area contributed by atoms with Crippen molar-refractivity contribution in [2.45, 2.75) is 75.8 Å². The first kappa shape index (κ1) is 15.8. The highest BCUT2D eigenvalue weighted by Crippen LogP contribution is 2.36. The molecule has 1 atom stereocenters. The summed E-state index contributed by atoms with van der Waals surface area (Å²) < 4.78 is 5.39. The molecule has 1 heterocycles. The van der Waals surface area contributed by atoms with Gasteiger partial charge in [-0.15, -0.1) is 0 Å². The highest BCUT2D eigenvalue weighted by molar-refractivity contribution is 5.01. The van der Waals surface area contributed by atoms with E-state index in [0.29, 0.717) is 5.54 Å². The summed E-state index contributed by atoms with van der Waals surface area (Å²) in [5.41, 5.74) is 0.428. The van der Waals surface area contributed by atoms with E-state index in [2.05, 4.69) is 10.2 Å². The zero-order valence-electron chi connectivity index (χ0n) is 13.9. The van der Waals surface area contributed by atoms with Gasteiger partial charge in [0.2, 0.25) is 0 Å². The second kappa shape index (κ2) is 7.43. The average Bonchev–Trinajstić information content (AvgIpc) is 2.55. The van der Waals surface area contributed by atoms with Crippen LogP contribution in [0.4, 0.5) is 0 Å². The molecule has 3 fully saturated rings. The van der Waals surface area contributed by atoms with Crippen LogP contribution in [0.5, 0.6) is 0 Å². The third-order valence-electron chi connectivity index (χ3n) is 6.25. The number of nitrogens with zero attached hydrogens (tertiary/aromatic N) is 1. The van der Waals surface area contributed by atoms with E-state index < -0.39 is 0 Å². The van der Waals surface area contributed by atoms with Crippen molar-refractivity contribution >= 4 is 0 Å². The van der Waals surface area contributed by atoms with Gasteiger partial charge in [0, 0.05) is 38.3 Å². The van der Waals surface area contributed by atoms with E-state index >= 15 is 0 Å². The summed E-state index contributed by atoms with van der Waals surface area (Å²) in [7, 11) is 1.84. The molecular weight excluding hydrogens is 260 g/mol. The van der Waals surface area contributed by atoms with Crippen LogP contribution in [0.3, 0.4) is 0 Å². The van der Waals surface area contributed by atoms with Gasteiger partial charge in [-0.25, -0.2) is 0 Å². The number of hydrogen-bond donors (Lipinski definition) is 1. The van der Waals surface area contributed by atoms with Crippen molar-refractivity contribution < 1.29 is 4.74 Å². The fraction of sp³-hybridized carbons (Fsp3) is 1.00. The Labute approximate surface area is 130 Å². The van der Waals surface area contributed by atoms with E-state index in [0.717, 1.165) is 25.1 Å². The zero-order chi connectivity index (χ0) is 14.5. The lowest BCUT2D eigenvalue weighted by Gasteiger charge is -2.52. The quantitative estimate of drug-likeness (QED) is 0.862. The van der Waals surface area contributed by atoms with Crippen LogP contribution >= 0.6 is 0 Å². The van der Waals surface area contributed by atoms with Crippen molar-refractivity contribution in [1.82, 2.24) is 10.2 Å². The van der Waals surface area contributed by atoms with Crippen LogP contribution in [0.25, 0.3) is 0 Å². The number of methoxy groups -OCH3 is 1. The lowest BCUT2D eigenvalue weighted by Crippen LogP contribution is -2.66. The largest absolute Gasteiger partial charge is 0.383 e. The van der Waals surface area contributed by atoms with Crippen molar-refractivity contribution in [3.05, 3.63) is 0 Å². The summed E-state index contributed by atoms with van der Waals surface area (Å²) in [6, 6.07) is 0.757. The van der Waals surface area contributed by atoms with Gasteiger partial charge in [-0.2, -0.15) is 0 Å². The van der Waals surface area contributed by atoms with Crippen LogP contribution in [-0.4, -0.2) is 49.8 Å². The number of piperazine rings is 1. The smallest absolute Gasteiger partial charge is 0.0589 e. The number of hydrogen-bond acceptors (Lipinski definition) is 3. The monoisotopic (exact) mass is 294 g/mol. The van der Waals surface area contributed by atoms with E-state index in [1.54, 1.807) is 0 Å². The molecule has 2 saturated carbocycles. The molecule has 1 unspecified atom stereocenters. The fourth-order valence-electron chi connectivity index (χ4n) is 5.01. The number of ether oxygens (including phenoxy) is 1. The van der Waals surface area contributed by atoms with Crippen LogP contribution in [0.15, 0.2) is 0 Å². The van der Waals surface area contributed by atoms with E-state index in [1.807, 2.05) is 7.11 Å². The molecular formula is C18H34N2O. The molecule has 3 aliphatic rings. The van der Waals surface area contributed by atoms with Gasteiger partial charge in [-0.05, 0) is 31.6 Å². The Morgan fingerprint density at radius 2 is 1.76 bits per heavy atom. The van der Waals surface area contributed by atoms with Crippen LogP contribution in [-0.2, 0) is 4.74 Å². The minimum atomic E-state index is 0.428. The molecule has 1 N–H and O–H groups in total. The lowest BCUT2D eigenvalue weighted by atomic mass is 9.76. The van der Waals surface area contributed by atoms with Crippen LogP contribution in [0.1, 0.15) is 64.2 Å². The molecule has 0 amide bonds. The predicted octanol–water partition coefficient (Wildman–Crippen LogP) is 3.19. The first-order valence-electron chi connectivity index (χ1n) is 9.31. The molecule has 0 aromatic heterocycles. The average molecular weight is 294 g/mol. The molecule has 1 saturated heterocycles. The van der Waals surface area contributed by atoms with Crippen LogP contribution < -0.4 is 5.32 Å². The van der Waals surface area contributed by atoms with Crippen molar-refractivity contribution in [2.24, 2.45) is 5.92 Å². The summed E-state index contributed by atoms with van der Waals surface area (Å²) in [5, 5.41) is 4.01. The van der Waals surface area contributed by atoms with Gasteiger partial charge in [0.15, 0.2) is 0 Å². The van der Waals surface area contributed by atoms with Gasteiger partial charge in [0.1, 0.15) is 0 Å². The second-order valence-electron chi connectivity index (χ2n) is 7.65. The van der Waals surface area contributed by atoms with Crippen molar-refractivity contribution in [2.75, 3.05) is 33.4 Å². The SMILES string of the molecule is COCCN1CC2(CCCCC2)NCC1C1CCCCC1. The van der Waals surface area contributed by atoms with Crippen molar-refractivity contribution in [3.8, 4) is 0 Å². The summed E-state index contributed by atoms with van der Waals surface area (Å²) in [6.07, 6.45) is 14.3. The highest BCUT2D eigenvalue weighted by Gasteiger charge is 2.41. The molecule has 3 rings (SSSR count). The normalized spacial score (nSPS) is 31.6. The Morgan fingerprint density at radius 1 is 1.05 bits per heavy atom. The Kier molecular flexibility index (Phi) is 5.58. The van der Waals surface area contributed by atoms with Gasteiger partial charge in [-0.1, -0.05) is 38.5 Å². The molecule has 21 heavy (non-hydrogen) atoms. The number of rotatable bonds is 4. The maximum Gasteiger partial charge on any atom is 0.0589 e. The third-order valence-corrected chi connectivity index (χ3v) is 6.25. The second-order valence-corrected chi connectivity index (χ2v) is 7.65. The Morgan fingerprint density at radius 3 is 2.48 bits per heavy atom. The summed E-state index contributed by atoms with van der Waals surface area (Å²) in [5.74, 6) is 0.920. The molecule has 1 spiro atoms. The molecule has 0 aromatic rings. The zero-order valence-corrected chi connectivity index (χ0v) is 13.9. The van der Waals surface area contributed by atoms with Gasteiger partial charge in [0.05, 0.1) is 6.61 Å². The van der Waals surface area contributed by atoms with E-state index in [4.69, 9.17) is 4.74 Å². The molecule has 0 bridgehead atoms. The number of nitrogens with one attached hydrogen (secondary N) is 1. The van der Waals surface area contributed by atoms with Crippen molar-refractivity contribution in [3.63, 3.8) is 0 Å². The Balaban J connectivity index is 1.65. The molecule has 0 aromatic carbocycles. The van der Waals surface area contributed by atoms with Gasteiger partial charge >= 0.3 is 0 Å². The minimum absolute atomic E-state index is 0.428. The van der Waals surface area contributed by atoms with E-state index in [9.17, 15) is 0 Å². The Hall–Kier alpha value is -0.120. The highest BCUT2D eigenvalue weighted by atomic mass is 16.5. The minimum Gasteiger partial charge on any atom is -0.383 e. The van der Waals surface area contributed by atoms with Gasteiger partial charge < -0.3 is 10.1 Å². The molecule has 1 aliphatic heterocycles. The lowest BCUT2D eigenvalue weighted by molar-refractivity contribution is 0.00683. The molecule has 0 radical (unpaired) electrons. The maximum absolute atomic E-state index is 5.39. The maximum atomic E-state index is 5.39. The Bertz CT molecular complexity index is 308. The van der Waals surface area contributed by atoms with E-state index in [1.165, 1.54) is 77.3 Å². The van der Waals surface area contributed by atoms with Crippen LogP contribution in [0, 0.1) is 5.92 Å². The van der Waals surface area contributed by atoms with Gasteiger partial charge in [0.25, 0.3) is 0 Å². The molecule has 3 heteroatoms.